The Bertz CT molecular complexity index is 1040. The normalized spacial score (nSPS) is 16.5. The molecule has 172 valence electrons. The van der Waals surface area contributed by atoms with Crippen LogP contribution in [-0.2, 0) is 27.0 Å². The number of nitrogens with zero attached hydrogens (tertiary/aromatic N) is 2. The van der Waals surface area contributed by atoms with Gasteiger partial charge in [0.25, 0.3) is 0 Å². The lowest BCUT2D eigenvalue weighted by atomic mass is 10.0. The van der Waals surface area contributed by atoms with Crippen molar-refractivity contribution in [2.75, 3.05) is 6.61 Å². The first-order valence-electron chi connectivity index (χ1n) is 9.69. The van der Waals surface area contributed by atoms with Gasteiger partial charge in [0.1, 0.15) is 10.6 Å². The van der Waals surface area contributed by atoms with Crippen LogP contribution >= 0.6 is 11.3 Å². The molecule has 1 atom stereocenters. The maximum absolute atomic E-state index is 13.1. The average molecular weight is 470 g/mol. The summed E-state index contributed by atoms with van der Waals surface area (Å²) < 4.78 is 48.8. The zero-order chi connectivity index (χ0) is 23.8. The van der Waals surface area contributed by atoms with E-state index in [1.165, 1.54) is 12.1 Å². The summed E-state index contributed by atoms with van der Waals surface area (Å²) in [5, 5.41) is 0.297. The number of thiazole rings is 1. The molecule has 0 N–H and O–H groups in total. The van der Waals surface area contributed by atoms with E-state index in [0.717, 1.165) is 28.4 Å². The van der Waals surface area contributed by atoms with E-state index in [1.54, 1.807) is 27.7 Å². The number of rotatable bonds is 3. The van der Waals surface area contributed by atoms with Gasteiger partial charge in [-0.05, 0) is 39.8 Å². The van der Waals surface area contributed by atoms with Gasteiger partial charge in [0, 0.05) is 5.56 Å². The quantitative estimate of drug-likeness (QED) is 0.478. The van der Waals surface area contributed by atoms with Crippen LogP contribution in [0.15, 0.2) is 24.3 Å². The van der Waals surface area contributed by atoms with Gasteiger partial charge < -0.3 is 9.47 Å². The van der Waals surface area contributed by atoms with Gasteiger partial charge in [-0.2, -0.15) is 13.2 Å². The Morgan fingerprint density at radius 3 is 2.34 bits per heavy atom. The highest BCUT2D eigenvalue weighted by Gasteiger charge is 2.45. The van der Waals surface area contributed by atoms with Crippen LogP contribution in [-0.4, -0.2) is 46.0 Å². The smallest absolute Gasteiger partial charge is 0.416 e. The van der Waals surface area contributed by atoms with Crippen LogP contribution < -0.4 is 0 Å². The fourth-order valence-corrected chi connectivity index (χ4v) is 4.08. The minimum absolute atomic E-state index is 0.0110. The molecule has 0 saturated heterocycles. The van der Waals surface area contributed by atoms with Crippen molar-refractivity contribution in [3.63, 3.8) is 0 Å². The third kappa shape index (κ3) is 4.93. The summed E-state index contributed by atoms with van der Waals surface area (Å²) in [4.78, 5) is 43.8. The molecule has 32 heavy (non-hydrogen) atoms. The van der Waals surface area contributed by atoms with Crippen LogP contribution in [0, 0.1) is 0 Å². The molecule has 0 spiro atoms. The third-order valence-corrected chi connectivity index (χ3v) is 5.56. The van der Waals surface area contributed by atoms with Gasteiger partial charge in [-0.15, -0.1) is 11.3 Å². The van der Waals surface area contributed by atoms with Crippen LogP contribution in [0.25, 0.3) is 10.6 Å². The molecule has 2 heterocycles. The predicted octanol–water partition coefficient (Wildman–Crippen LogP) is 4.69. The lowest BCUT2D eigenvalue weighted by Crippen LogP contribution is -2.54. The topological polar surface area (TPSA) is 85.8 Å². The molecule has 1 aliphatic heterocycles. The second-order valence-electron chi connectivity index (χ2n) is 8.00. The van der Waals surface area contributed by atoms with E-state index in [4.69, 9.17) is 9.47 Å². The van der Waals surface area contributed by atoms with Gasteiger partial charge in [0.05, 0.1) is 29.3 Å². The van der Waals surface area contributed by atoms with Crippen molar-refractivity contribution in [3.8, 4) is 10.6 Å². The molecule has 0 aliphatic carbocycles. The second kappa shape index (κ2) is 8.53. The molecule has 0 bridgehead atoms. The number of carbonyl (C=O) groups excluding carboxylic acids is 3. The molecule has 0 radical (unpaired) electrons. The molecule has 11 heteroatoms. The molecule has 1 unspecified atom stereocenters. The van der Waals surface area contributed by atoms with Crippen molar-refractivity contribution in [3.05, 3.63) is 40.4 Å². The van der Waals surface area contributed by atoms with E-state index in [0.29, 0.717) is 10.6 Å². The number of hydrogen-bond acceptors (Lipinski definition) is 7. The first kappa shape index (κ1) is 23.7. The Morgan fingerprint density at radius 1 is 1.19 bits per heavy atom. The van der Waals surface area contributed by atoms with Crippen molar-refractivity contribution < 1.29 is 37.0 Å². The zero-order valence-electron chi connectivity index (χ0n) is 17.8. The lowest BCUT2D eigenvalue weighted by molar-refractivity contribution is -0.147. The Kier molecular flexibility index (Phi) is 6.32. The summed E-state index contributed by atoms with van der Waals surface area (Å²) in [7, 11) is 0. The highest BCUT2D eigenvalue weighted by Crippen LogP contribution is 2.36. The third-order valence-electron chi connectivity index (χ3n) is 4.40. The number of Topliss-reactive ketones (excluding diaryl/α,β-unsaturated/α-hetero) is 1. The van der Waals surface area contributed by atoms with Gasteiger partial charge in [-0.3, -0.25) is 9.69 Å². The second-order valence-corrected chi connectivity index (χ2v) is 9.00. The number of fused-ring (bicyclic) bond motifs is 1. The maximum atomic E-state index is 13.1. The molecule has 1 aliphatic rings. The molecule has 2 aromatic rings. The SMILES string of the molecule is CCOC(=O)C1C(=O)c2sc(-c3ccc(C(F)(F)F)cc3)nc2CN1C(=O)OC(C)(C)C. The largest absolute Gasteiger partial charge is 0.464 e. The highest BCUT2D eigenvalue weighted by atomic mass is 32.1. The summed E-state index contributed by atoms with van der Waals surface area (Å²) in [5.74, 6) is -1.57. The molecule has 7 nitrogen and oxygen atoms in total. The van der Waals surface area contributed by atoms with Gasteiger partial charge in [-0.1, -0.05) is 12.1 Å². The van der Waals surface area contributed by atoms with Crippen LogP contribution in [0.2, 0.25) is 0 Å². The molecule has 3 rings (SSSR count). The molecular formula is C21H21F3N2O5S. The van der Waals surface area contributed by atoms with Gasteiger partial charge >= 0.3 is 18.2 Å². The summed E-state index contributed by atoms with van der Waals surface area (Å²) in [6.07, 6.45) is -5.35. The number of alkyl halides is 3. The summed E-state index contributed by atoms with van der Waals surface area (Å²) in [5.41, 5.74) is -1.06. The van der Waals surface area contributed by atoms with Crippen LogP contribution in [0.5, 0.6) is 0 Å². The Balaban J connectivity index is 1.98. The molecule has 1 aromatic carbocycles. The summed E-state index contributed by atoms with van der Waals surface area (Å²) in [6, 6.07) is 2.83. The van der Waals surface area contributed by atoms with Gasteiger partial charge in [0.2, 0.25) is 5.78 Å². The number of carbonyl (C=O) groups is 3. The number of benzene rings is 1. The lowest BCUT2D eigenvalue weighted by Gasteiger charge is -2.33. The number of ether oxygens (including phenoxy) is 2. The minimum atomic E-state index is -4.47. The van der Waals surface area contributed by atoms with Crippen LogP contribution in [0.3, 0.4) is 0 Å². The molecular weight excluding hydrogens is 449 g/mol. The van der Waals surface area contributed by atoms with Crippen molar-refractivity contribution in [2.24, 2.45) is 0 Å². The summed E-state index contributed by atoms with van der Waals surface area (Å²) >= 11 is 0.948. The van der Waals surface area contributed by atoms with E-state index in [-0.39, 0.29) is 23.7 Å². The highest BCUT2D eigenvalue weighted by molar-refractivity contribution is 7.17. The Hall–Kier alpha value is -2.95. The van der Waals surface area contributed by atoms with Crippen molar-refractivity contribution in [1.82, 2.24) is 9.88 Å². The van der Waals surface area contributed by atoms with E-state index < -0.39 is 41.2 Å². The van der Waals surface area contributed by atoms with E-state index in [1.807, 2.05) is 0 Å². The average Bonchev–Trinajstić information content (AvgIpc) is 3.10. The number of esters is 1. The molecule has 0 fully saturated rings. The zero-order valence-corrected chi connectivity index (χ0v) is 18.6. The minimum Gasteiger partial charge on any atom is -0.464 e. The fraction of sp³-hybridized carbons (Fsp3) is 0.429. The fourth-order valence-electron chi connectivity index (χ4n) is 3.04. The van der Waals surface area contributed by atoms with Crippen molar-refractivity contribution >= 4 is 29.2 Å². The monoisotopic (exact) mass is 470 g/mol. The predicted molar refractivity (Wildman–Crippen MR) is 109 cm³/mol. The molecule has 1 amide bonds. The Morgan fingerprint density at radius 2 is 1.81 bits per heavy atom. The van der Waals surface area contributed by atoms with Crippen LogP contribution in [0.4, 0.5) is 18.0 Å². The van der Waals surface area contributed by atoms with Crippen LogP contribution in [0.1, 0.15) is 48.6 Å². The molecule has 0 saturated carbocycles. The number of hydrogen-bond donors (Lipinski definition) is 0. The molecule has 1 aromatic heterocycles. The standard InChI is InChI=1S/C21H21F3N2O5S/c1-5-30-18(28)14-15(27)16-13(10-26(14)19(29)31-20(2,3)4)25-17(32-16)11-6-8-12(9-7-11)21(22,23)24/h6-9,14H,5,10H2,1-4H3. The van der Waals surface area contributed by atoms with E-state index in [2.05, 4.69) is 4.98 Å². The summed E-state index contributed by atoms with van der Waals surface area (Å²) in [6.45, 7) is 6.34. The number of aromatic nitrogens is 1. The number of amides is 1. The number of ketones is 1. The van der Waals surface area contributed by atoms with Gasteiger partial charge in [-0.25, -0.2) is 14.6 Å². The Labute approximate surface area is 186 Å². The van der Waals surface area contributed by atoms with E-state index >= 15 is 0 Å². The van der Waals surface area contributed by atoms with Crippen molar-refractivity contribution in [1.29, 1.82) is 0 Å². The van der Waals surface area contributed by atoms with Gasteiger partial charge in [0.15, 0.2) is 6.04 Å². The first-order valence-corrected chi connectivity index (χ1v) is 10.5. The van der Waals surface area contributed by atoms with E-state index in [9.17, 15) is 27.6 Å². The van der Waals surface area contributed by atoms with Crippen molar-refractivity contribution in [2.45, 2.75) is 52.1 Å². The first-order chi connectivity index (χ1) is 14.8. The number of halogens is 3. The maximum Gasteiger partial charge on any atom is 0.416 e.